The van der Waals surface area contributed by atoms with Gasteiger partial charge in [-0.15, -0.1) is 0 Å². The fourth-order valence-corrected chi connectivity index (χ4v) is 5.27. The molecule has 41 heavy (non-hydrogen) atoms. The van der Waals surface area contributed by atoms with E-state index in [1.165, 1.54) is 12.1 Å². The molecule has 2 heterocycles. The minimum atomic E-state index is -0.629. The van der Waals surface area contributed by atoms with Gasteiger partial charge in [0.2, 0.25) is 5.96 Å². The van der Waals surface area contributed by atoms with Crippen molar-refractivity contribution in [1.29, 1.82) is 0 Å². The Bertz CT molecular complexity index is 1570. The Morgan fingerprint density at radius 1 is 1.05 bits per heavy atom. The number of morpholine rings is 1. The maximum Gasteiger partial charge on any atom is 0.258 e. The average Bonchev–Trinajstić information content (AvgIpc) is 2.99. The van der Waals surface area contributed by atoms with E-state index in [2.05, 4.69) is 27.7 Å². The van der Waals surface area contributed by atoms with E-state index in [0.29, 0.717) is 17.3 Å². The van der Waals surface area contributed by atoms with E-state index in [4.69, 9.17) is 14.7 Å². The number of halogens is 1. The van der Waals surface area contributed by atoms with E-state index >= 15 is 4.39 Å². The summed E-state index contributed by atoms with van der Waals surface area (Å²) in [6, 6.07) is 20.5. The monoisotopic (exact) mass is 549 g/mol. The van der Waals surface area contributed by atoms with Crippen LogP contribution in [-0.2, 0) is 11.3 Å². The van der Waals surface area contributed by atoms with E-state index in [0.717, 1.165) is 67.4 Å². The molecule has 3 aromatic rings. The number of ether oxygens (including phenoxy) is 1. The third kappa shape index (κ3) is 6.19. The highest BCUT2D eigenvalue weighted by atomic mass is 19.1. The van der Waals surface area contributed by atoms with Gasteiger partial charge in [0.1, 0.15) is 5.82 Å². The summed E-state index contributed by atoms with van der Waals surface area (Å²) in [4.78, 5) is 24.9. The molecule has 1 amide bonds. The number of aryl methyl sites for hydroxylation is 1. The van der Waals surface area contributed by atoms with Gasteiger partial charge in [-0.1, -0.05) is 54.6 Å². The molecule has 2 N–H and O–H groups in total. The quantitative estimate of drug-likeness (QED) is 0.398. The fraction of sp³-hybridized carbons (Fsp3) is 0.242. The van der Waals surface area contributed by atoms with Gasteiger partial charge in [-0.05, 0) is 60.4 Å². The topological polar surface area (TPSA) is 78.3 Å². The Morgan fingerprint density at radius 2 is 1.88 bits per heavy atom. The molecule has 0 bridgehead atoms. The summed E-state index contributed by atoms with van der Waals surface area (Å²) >= 11 is 0. The van der Waals surface area contributed by atoms with E-state index in [9.17, 15) is 4.79 Å². The zero-order valence-corrected chi connectivity index (χ0v) is 22.9. The standard InChI is InChI=1S/C33H32FN5O2/c1-22-11-12-23(21-39-15-17-41-18-16-39)19-30(22)36-32(40)26-14-13-25(20-28(26)34)35-33-37-29-10-6-5-9-27(29)31(38-33)24-7-3-2-4-8-24/h2-8,10-14,19-20,27H,9,15-18,21H2,1H3,(H,35,37)(H,36,40). The maximum atomic E-state index is 15.2. The number of carbonyl (C=O) groups excluding carboxylic acids is 1. The number of benzene rings is 3. The lowest BCUT2D eigenvalue weighted by molar-refractivity contribution is 0.0342. The van der Waals surface area contributed by atoms with Gasteiger partial charge in [0.05, 0.1) is 30.2 Å². The molecule has 1 saturated heterocycles. The van der Waals surface area contributed by atoms with Gasteiger partial charge in [-0.25, -0.2) is 14.4 Å². The molecular weight excluding hydrogens is 517 g/mol. The van der Waals surface area contributed by atoms with Crippen LogP contribution in [0.25, 0.3) is 0 Å². The Hall–Kier alpha value is -4.40. The molecule has 0 saturated carbocycles. The summed E-state index contributed by atoms with van der Waals surface area (Å²) < 4.78 is 20.7. The molecule has 1 fully saturated rings. The van der Waals surface area contributed by atoms with Gasteiger partial charge < -0.3 is 15.4 Å². The van der Waals surface area contributed by atoms with E-state index in [-0.39, 0.29) is 11.5 Å². The van der Waals surface area contributed by atoms with Crippen LogP contribution in [0.2, 0.25) is 0 Å². The Morgan fingerprint density at radius 3 is 2.68 bits per heavy atom. The van der Waals surface area contributed by atoms with Crippen LogP contribution in [-0.4, -0.2) is 48.8 Å². The molecule has 1 atom stereocenters. The first-order valence-corrected chi connectivity index (χ1v) is 13.9. The van der Waals surface area contributed by atoms with Crippen molar-refractivity contribution in [2.45, 2.75) is 19.9 Å². The Balaban J connectivity index is 1.18. The largest absolute Gasteiger partial charge is 0.379 e. The van der Waals surface area contributed by atoms with Gasteiger partial charge in [0.15, 0.2) is 0 Å². The van der Waals surface area contributed by atoms with Crippen molar-refractivity contribution in [2.24, 2.45) is 15.9 Å². The third-order valence-corrected chi connectivity index (χ3v) is 7.52. The third-order valence-electron chi connectivity index (χ3n) is 7.52. The number of rotatable bonds is 6. The van der Waals surface area contributed by atoms with Crippen LogP contribution in [0, 0.1) is 18.7 Å². The van der Waals surface area contributed by atoms with Gasteiger partial charge >= 0.3 is 0 Å². The van der Waals surface area contributed by atoms with Crippen molar-refractivity contribution in [3.63, 3.8) is 0 Å². The molecule has 208 valence electrons. The zero-order chi connectivity index (χ0) is 28.2. The van der Waals surface area contributed by atoms with Crippen molar-refractivity contribution < 1.29 is 13.9 Å². The van der Waals surface area contributed by atoms with Crippen molar-refractivity contribution in [2.75, 3.05) is 36.9 Å². The lowest BCUT2D eigenvalue weighted by Crippen LogP contribution is -2.35. The number of fused-ring (bicyclic) bond motifs is 1. The molecule has 6 rings (SSSR count). The summed E-state index contributed by atoms with van der Waals surface area (Å²) in [5.74, 6) is -0.671. The first-order chi connectivity index (χ1) is 20.0. The number of aliphatic imine (C=N–C) groups is 2. The number of amides is 1. The number of carbonyl (C=O) groups is 1. The van der Waals surface area contributed by atoms with Gasteiger partial charge in [0, 0.05) is 36.9 Å². The smallest absolute Gasteiger partial charge is 0.258 e. The van der Waals surface area contributed by atoms with Gasteiger partial charge in [-0.3, -0.25) is 9.69 Å². The Kier molecular flexibility index (Phi) is 7.84. The predicted octanol–water partition coefficient (Wildman–Crippen LogP) is 5.95. The molecule has 8 heteroatoms. The molecule has 0 aromatic heterocycles. The lowest BCUT2D eigenvalue weighted by Gasteiger charge is -2.26. The van der Waals surface area contributed by atoms with Crippen LogP contribution in [0.4, 0.5) is 15.8 Å². The molecule has 0 radical (unpaired) electrons. The number of anilines is 2. The Labute approximate surface area is 239 Å². The number of nitrogens with one attached hydrogen (secondary N) is 2. The normalized spacial score (nSPS) is 18.6. The minimum absolute atomic E-state index is 0.0345. The molecule has 0 spiro atoms. The summed E-state index contributed by atoms with van der Waals surface area (Å²) in [5, 5.41) is 6.04. The fourth-order valence-electron chi connectivity index (χ4n) is 5.27. The van der Waals surface area contributed by atoms with Crippen molar-refractivity contribution >= 4 is 29.0 Å². The van der Waals surface area contributed by atoms with Gasteiger partial charge in [-0.2, -0.15) is 0 Å². The first kappa shape index (κ1) is 26.8. The molecule has 3 aromatic carbocycles. The second-order valence-electron chi connectivity index (χ2n) is 10.4. The molecule has 2 aliphatic heterocycles. The SMILES string of the molecule is Cc1ccc(CN2CCOCC2)cc1NC(=O)c1ccc(NC2=NC3=CC=CCC3C(c3ccccc3)=N2)cc1F. The molecule has 7 nitrogen and oxygen atoms in total. The van der Waals surface area contributed by atoms with Gasteiger partial charge in [0.25, 0.3) is 5.91 Å². The highest BCUT2D eigenvalue weighted by Crippen LogP contribution is 2.30. The highest BCUT2D eigenvalue weighted by Gasteiger charge is 2.27. The number of hydrogen-bond acceptors (Lipinski definition) is 6. The predicted molar refractivity (Wildman–Crippen MR) is 161 cm³/mol. The highest BCUT2D eigenvalue weighted by molar-refractivity contribution is 6.14. The van der Waals surface area contributed by atoms with Crippen molar-refractivity contribution in [3.05, 3.63) is 119 Å². The number of nitrogens with zero attached hydrogens (tertiary/aromatic N) is 3. The van der Waals surface area contributed by atoms with Crippen LogP contribution in [0.1, 0.15) is 33.5 Å². The second-order valence-corrected chi connectivity index (χ2v) is 10.4. The van der Waals surface area contributed by atoms with Crippen LogP contribution in [0.15, 0.2) is 101 Å². The van der Waals surface area contributed by atoms with Crippen molar-refractivity contribution in [3.8, 4) is 0 Å². The zero-order valence-electron chi connectivity index (χ0n) is 22.9. The van der Waals surface area contributed by atoms with Crippen LogP contribution < -0.4 is 10.6 Å². The molecule has 1 aliphatic carbocycles. The summed E-state index contributed by atoms with van der Waals surface area (Å²) in [6.45, 7) is 5.90. The van der Waals surface area contributed by atoms with Crippen LogP contribution in [0.3, 0.4) is 0 Å². The molecule has 3 aliphatic rings. The first-order valence-electron chi connectivity index (χ1n) is 13.9. The average molecular weight is 550 g/mol. The molecular formula is C33H32FN5O2. The summed E-state index contributed by atoms with van der Waals surface area (Å²) in [6.07, 6.45) is 6.92. The number of guanidine groups is 1. The van der Waals surface area contributed by atoms with E-state index in [1.54, 1.807) is 6.07 Å². The second kappa shape index (κ2) is 12.0. The van der Waals surface area contributed by atoms with E-state index in [1.807, 2.05) is 61.5 Å². The van der Waals surface area contributed by atoms with Crippen molar-refractivity contribution in [1.82, 2.24) is 4.90 Å². The number of allylic oxidation sites excluding steroid dienone is 4. The number of hydrogen-bond donors (Lipinski definition) is 2. The van der Waals surface area contributed by atoms with E-state index < -0.39 is 11.7 Å². The maximum absolute atomic E-state index is 15.2. The van der Waals surface area contributed by atoms with Crippen LogP contribution in [0.5, 0.6) is 0 Å². The molecule has 1 unspecified atom stereocenters. The lowest BCUT2D eigenvalue weighted by atomic mass is 9.87. The summed E-state index contributed by atoms with van der Waals surface area (Å²) in [5.41, 5.74) is 5.95. The minimum Gasteiger partial charge on any atom is -0.379 e. The van der Waals surface area contributed by atoms with Crippen LogP contribution >= 0.6 is 0 Å². The summed E-state index contributed by atoms with van der Waals surface area (Å²) in [7, 11) is 0.